The molecule has 1 aliphatic carbocycles. The van der Waals surface area contributed by atoms with E-state index < -0.39 is 12.0 Å². The zero-order valence-electron chi connectivity index (χ0n) is 22.6. The van der Waals surface area contributed by atoms with Crippen molar-refractivity contribution in [1.29, 1.82) is 0 Å². The topological polar surface area (TPSA) is 58.6 Å². The molecule has 0 heterocycles. The Balaban J connectivity index is 1.81. The number of aryl methyl sites for hydroxylation is 1. The van der Waals surface area contributed by atoms with E-state index in [0.717, 1.165) is 48.5 Å². The third-order valence-corrected chi connectivity index (χ3v) is 7.50. The first-order valence-electron chi connectivity index (χ1n) is 13.7. The molecule has 1 atom stereocenters. The zero-order chi connectivity index (χ0) is 25.9. The molecule has 1 saturated carbocycles. The third-order valence-electron chi connectivity index (χ3n) is 7.50. The van der Waals surface area contributed by atoms with Crippen LogP contribution in [0.3, 0.4) is 0 Å². The van der Waals surface area contributed by atoms with Gasteiger partial charge in [0, 0.05) is 12.1 Å². The minimum atomic E-state index is -0.641. The van der Waals surface area contributed by atoms with Crippen molar-refractivity contribution in [2.75, 3.05) is 20.7 Å². The van der Waals surface area contributed by atoms with E-state index in [9.17, 15) is 9.59 Å². The van der Waals surface area contributed by atoms with Crippen molar-refractivity contribution in [3.8, 4) is 11.1 Å². The number of hydrogen-bond acceptors (Lipinski definition) is 4. The van der Waals surface area contributed by atoms with E-state index in [1.807, 2.05) is 24.3 Å². The minimum Gasteiger partial charge on any atom is -0.467 e. The highest BCUT2D eigenvalue weighted by Crippen LogP contribution is 2.30. The quantitative estimate of drug-likeness (QED) is 0.342. The fourth-order valence-electron chi connectivity index (χ4n) is 5.29. The van der Waals surface area contributed by atoms with E-state index in [1.165, 1.54) is 51.2 Å². The molecule has 3 rings (SSSR count). The summed E-state index contributed by atoms with van der Waals surface area (Å²) in [7, 11) is 3.55. The number of ether oxygens (including phenoxy) is 1. The second-order valence-electron chi connectivity index (χ2n) is 10.4. The third kappa shape index (κ3) is 7.92. The van der Waals surface area contributed by atoms with Gasteiger partial charge in [0.1, 0.15) is 6.04 Å². The Labute approximate surface area is 217 Å². The Morgan fingerprint density at radius 1 is 1.08 bits per heavy atom. The van der Waals surface area contributed by atoms with Gasteiger partial charge >= 0.3 is 5.97 Å². The van der Waals surface area contributed by atoms with Gasteiger partial charge in [-0.2, -0.15) is 0 Å². The smallest absolute Gasteiger partial charge is 0.328 e. The van der Waals surface area contributed by atoms with Crippen LogP contribution in [-0.4, -0.2) is 43.5 Å². The molecular formula is C31H44N2O3. The van der Waals surface area contributed by atoms with Gasteiger partial charge in [0.05, 0.1) is 7.11 Å². The molecule has 1 N–H and O–H groups in total. The van der Waals surface area contributed by atoms with Crippen LogP contribution in [0.25, 0.3) is 11.1 Å². The highest BCUT2D eigenvalue weighted by atomic mass is 16.5. The number of methoxy groups -OCH3 is 1. The highest BCUT2D eigenvalue weighted by Gasteiger charge is 2.24. The standard InChI is InChI=1S/C31H44N2O3/c1-5-6-16-29(31(35)36-4)32-30(34)27-18-17-25(21-28(27)26-15-11-10-12-23(26)2)22-33(3)20-19-24-13-8-7-9-14-24/h10-12,15,17-18,21,24,29H,5-9,13-14,16,19-20,22H2,1-4H3,(H,32,34). The first kappa shape index (κ1) is 27.9. The lowest BCUT2D eigenvalue weighted by molar-refractivity contribution is -0.143. The maximum Gasteiger partial charge on any atom is 0.328 e. The Hall–Kier alpha value is -2.66. The monoisotopic (exact) mass is 492 g/mol. The van der Waals surface area contributed by atoms with Crippen LogP contribution >= 0.6 is 0 Å². The van der Waals surface area contributed by atoms with E-state index in [2.05, 4.69) is 49.3 Å². The number of rotatable bonds is 12. The number of esters is 1. The van der Waals surface area contributed by atoms with E-state index >= 15 is 0 Å². The summed E-state index contributed by atoms with van der Waals surface area (Å²) in [5.41, 5.74) is 4.83. The first-order valence-corrected chi connectivity index (χ1v) is 13.7. The molecule has 5 nitrogen and oxygen atoms in total. The number of amides is 1. The average Bonchev–Trinajstić information content (AvgIpc) is 2.90. The Bertz CT molecular complexity index is 997. The lowest BCUT2D eigenvalue weighted by Gasteiger charge is -2.25. The van der Waals surface area contributed by atoms with Crippen molar-refractivity contribution in [3.05, 3.63) is 59.2 Å². The van der Waals surface area contributed by atoms with Gasteiger partial charge in [-0.3, -0.25) is 4.79 Å². The molecule has 0 aromatic heterocycles. The van der Waals surface area contributed by atoms with Crippen molar-refractivity contribution >= 4 is 11.9 Å². The van der Waals surface area contributed by atoms with Gasteiger partial charge in [-0.25, -0.2) is 4.79 Å². The van der Waals surface area contributed by atoms with E-state index in [-0.39, 0.29) is 5.91 Å². The molecule has 2 aromatic rings. The second kappa shape index (κ2) is 14.2. The summed E-state index contributed by atoms with van der Waals surface area (Å²) in [6.07, 6.45) is 10.5. The summed E-state index contributed by atoms with van der Waals surface area (Å²) in [5.74, 6) is 0.229. The van der Waals surface area contributed by atoms with Crippen LogP contribution in [0.1, 0.15) is 86.2 Å². The molecule has 0 bridgehead atoms. The van der Waals surface area contributed by atoms with Gasteiger partial charge in [-0.05, 0) is 73.7 Å². The van der Waals surface area contributed by atoms with Crippen molar-refractivity contribution in [2.24, 2.45) is 5.92 Å². The maximum atomic E-state index is 13.4. The lowest BCUT2D eigenvalue weighted by atomic mass is 9.87. The normalized spacial score (nSPS) is 15.0. The summed E-state index contributed by atoms with van der Waals surface area (Å²) in [6, 6.07) is 13.6. The van der Waals surface area contributed by atoms with Crippen LogP contribution in [0.5, 0.6) is 0 Å². The summed E-state index contributed by atoms with van der Waals surface area (Å²) in [5, 5.41) is 2.94. The molecule has 1 aliphatic rings. The number of carbonyl (C=O) groups is 2. The molecule has 0 saturated heterocycles. The van der Waals surface area contributed by atoms with Crippen LogP contribution in [0.4, 0.5) is 0 Å². The molecule has 1 fully saturated rings. The summed E-state index contributed by atoms with van der Waals surface area (Å²) < 4.78 is 4.95. The molecular weight excluding hydrogens is 448 g/mol. The number of hydrogen-bond donors (Lipinski definition) is 1. The van der Waals surface area contributed by atoms with E-state index in [1.54, 1.807) is 0 Å². The van der Waals surface area contributed by atoms with Crippen molar-refractivity contribution in [2.45, 2.75) is 84.2 Å². The highest BCUT2D eigenvalue weighted by molar-refractivity contribution is 6.02. The average molecular weight is 493 g/mol. The Morgan fingerprint density at radius 2 is 1.83 bits per heavy atom. The predicted octanol–water partition coefficient (Wildman–Crippen LogP) is 6.53. The zero-order valence-corrected chi connectivity index (χ0v) is 22.6. The van der Waals surface area contributed by atoms with Gasteiger partial charge in [0.2, 0.25) is 0 Å². The first-order chi connectivity index (χ1) is 17.4. The second-order valence-corrected chi connectivity index (χ2v) is 10.4. The van der Waals surface area contributed by atoms with Gasteiger partial charge in [-0.15, -0.1) is 0 Å². The number of nitrogens with one attached hydrogen (secondary N) is 1. The molecule has 2 aromatic carbocycles. The lowest BCUT2D eigenvalue weighted by Crippen LogP contribution is -2.41. The summed E-state index contributed by atoms with van der Waals surface area (Å²) in [6.45, 7) is 6.06. The van der Waals surface area contributed by atoms with Gasteiger partial charge in [0.15, 0.2) is 0 Å². The number of carbonyl (C=O) groups excluding carboxylic acids is 2. The van der Waals surface area contributed by atoms with Crippen LogP contribution in [0.15, 0.2) is 42.5 Å². The molecule has 1 amide bonds. The molecule has 5 heteroatoms. The molecule has 0 spiro atoms. The van der Waals surface area contributed by atoms with Crippen molar-refractivity contribution in [3.63, 3.8) is 0 Å². The van der Waals surface area contributed by atoms with Gasteiger partial charge in [-0.1, -0.05) is 82.2 Å². The molecule has 0 radical (unpaired) electrons. The Morgan fingerprint density at radius 3 is 2.53 bits per heavy atom. The largest absolute Gasteiger partial charge is 0.467 e. The fraction of sp³-hybridized carbons (Fsp3) is 0.548. The molecule has 1 unspecified atom stereocenters. The molecule has 36 heavy (non-hydrogen) atoms. The number of nitrogens with zero attached hydrogens (tertiary/aromatic N) is 1. The van der Waals surface area contributed by atoms with Crippen LogP contribution in [0, 0.1) is 12.8 Å². The SMILES string of the molecule is CCCCC(NC(=O)c1ccc(CN(C)CCC2CCCCC2)cc1-c1ccccc1C)C(=O)OC. The summed E-state index contributed by atoms with van der Waals surface area (Å²) in [4.78, 5) is 28.1. The van der Waals surface area contributed by atoms with Crippen LogP contribution < -0.4 is 5.32 Å². The van der Waals surface area contributed by atoms with E-state index in [0.29, 0.717) is 12.0 Å². The Kier molecular flexibility index (Phi) is 11.0. The number of benzene rings is 2. The minimum absolute atomic E-state index is 0.239. The van der Waals surface area contributed by atoms with Crippen LogP contribution in [0.2, 0.25) is 0 Å². The summed E-state index contributed by atoms with van der Waals surface area (Å²) >= 11 is 0. The molecule has 0 aliphatic heterocycles. The maximum absolute atomic E-state index is 13.4. The number of unbranched alkanes of at least 4 members (excludes halogenated alkanes) is 1. The fourth-order valence-corrected chi connectivity index (χ4v) is 5.29. The molecule has 196 valence electrons. The predicted molar refractivity (Wildman–Crippen MR) is 147 cm³/mol. The van der Waals surface area contributed by atoms with Gasteiger partial charge in [0.25, 0.3) is 5.91 Å². The van der Waals surface area contributed by atoms with E-state index in [4.69, 9.17) is 4.74 Å². The van der Waals surface area contributed by atoms with Crippen molar-refractivity contribution < 1.29 is 14.3 Å². The van der Waals surface area contributed by atoms with Crippen molar-refractivity contribution in [1.82, 2.24) is 10.2 Å². The van der Waals surface area contributed by atoms with Crippen LogP contribution in [-0.2, 0) is 16.1 Å². The van der Waals surface area contributed by atoms with Gasteiger partial charge < -0.3 is 15.0 Å².